The third kappa shape index (κ3) is 4.14. The molecule has 20 heavy (non-hydrogen) atoms. The monoisotopic (exact) mass is 305 g/mol. The van der Waals surface area contributed by atoms with E-state index in [2.05, 4.69) is 4.90 Å². The summed E-state index contributed by atoms with van der Waals surface area (Å²) in [5.41, 5.74) is -0.728. The molecule has 0 unspecified atom stereocenters. The van der Waals surface area contributed by atoms with Crippen molar-refractivity contribution < 1.29 is 13.5 Å². The summed E-state index contributed by atoms with van der Waals surface area (Å²) in [7, 11) is -3.27. The van der Waals surface area contributed by atoms with Gasteiger partial charge in [-0.3, -0.25) is 4.90 Å². The fraction of sp³-hybridized carbons (Fsp3) is 1.00. The molecule has 0 radical (unpaired) electrons. The highest BCUT2D eigenvalue weighted by Crippen LogP contribution is 2.18. The predicted octanol–water partition coefficient (Wildman–Crippen LogP) is 0.106. The first-order valence-corrected chi connectivity index (χ1v) is 8.89. The van der Waals surface area contributed by atoms with Crippen LogP contribution in [0.1, 0.15) is 33.1 Å². The van der Waals surface area contributed by atoms with Gasteiger partial charge < -0.3 is 5.11 Å². The van der Waals surface area contributed by atoms with Gasteiger partial charge in [-0.1, -0.05) is 6.42 Å². The van der Waals surface area contributed by atoms with Crippen LogP contribution in [0.4, 0.5) is 0 Å². The largest absolute Gasteiger partial charge is 0.389 e. The van der Waals surface area contributed by atoms with Crippen LogP contribution in [0.25, 0.3) is 0 Å². The summed E-state index contributed by atoms with van der Waals surface area (Å²) in [6, 6.07) is 0. The standard InChI is InChI=1S/C13H27N3O3S/c1-13(2,17)12-14-8-10-16(11-9-14)20(18,19)15-6-4-3-5-7-15/h17H,3-12H2,1-2H3. The van der Waals surface area contributed by atoms with Crippen molar-refractivity contribution in [1.29, 1.82) is 0 Å². The summed E-state index contributed by atoms with van der Waals surface area (Å²) in [5.74, 6) is 0. The van der Waals surface area contributed by atoms with Crippen molar-refractivity contribution in [3.63, 3.8) is 0 Å². The molecule has 0 amide bonds. The van der Waals surface area contributed by atoms with Crippen molar-refractivity contribution >= 4 is 10.2 Å². The van der Waals surface area contributed by atoms with Crippen LogP contribution >= 0.6 is 0 Å². The van der Waals surface area contributed by atoms with Crippen molar-refractivity contribution in [3.05, 3.63) is 0 Å². The number of hydrogen-bond acceptors (Lipinski definition) is 4. The van der Waals surface area contributed by atoms with Gasteiger partial charge in [0.05, 0.1) is 5.60 Å². The first kappa shape index (κ1) is 16.2. The number of aliphatic hydroxyl groups is 1. The van der Waals surface area contributed by atoms with Crippen LogP contribution in [0.2, 0.25) is 0 Å². The molecule has 2 fully saturated rings. The molecular weight excluding hydrogens is 278 g/mol. The molecule has 7 heteroatoms. The van der Waals surface area contributed by atoms with Gasteiger partial charge in [0, 0.05) is 45.8 Å². The summed E-state index contributed by atoms with van der Waals surface area (Å²) in [6.07, 6.45) is 3.07. The van der Waals surface area contributed by atoms with Crippen molar-refractivity contribution in [2.24, 2.45) is 0 Å². The zero-order chi connectivity index (χ0) is 14.8. The Morgan fingerprint density at radius 3 is 1.90 bits per heavy atom. The van der Waals surface area contributed by atoms with E-state index in [0.717, 1.165) is 19.3 Å². The number of piperidine rings is 1. The van der Waals surface area contributed by atoms with E-state index in [1.54, 1.807) is 22.5 Å². The van der Waals surface area contributed by atoms with Crippen LogP contribution in [0.3, 0.4) is 0 Å². The van der Waals surface area contributed by atoms with Gasteiger partial charge in [0.2, 0.25) is 0 Å². The lowest BCUT2D eigenvalue weighted by atomic mass is 10.1. The van der Waals surface area contributed by atoms with E-state index in [4.69, 9.17) is 0 Å². The summed E-state index contributed by atoms with van der Waals surface area (Å²) in [4.78, 5) is 2.13. The second-order valence-electron chi connectivity index (χ2n) is 6.46. The Balaban J connectivity index is 1.89. The molecule has 0 aromatic heterocycles. The van der Waals surface area contributed by atoms with Crippen LogP contribution in [-0.2, 0) is 10.2 Å². The minimum atomic E-state index is -3.27. The first-order valence-electron chi connectivity index (χ1n) is 7.49. The van der Waals surface area contributed by atoms with E-state index in [1.165, 1.54) is 0 Å². The van der Waals surface area contributed by atoms with E-state index in [1.807, 2.05) is 0 Å². The van der Waals surface area contributed by atoms with E-state index >= 15 is 0 Å². The van der Waals surface area contributed by atoms with Gasteiger partial charge in [-0.2, -0.15) is 17.0 Å². The Labute approximate surface area is 122 Å². The lowest BCUT2D eigenvalue weighted by molar-refractivity contribution is 0.0257. The molecule has 0 bridgehead atoms. The highest BCUT2D eigenvalue weighted by atomic mass is 32.2. The van der Waals surface area contributed by atoms with Crippen molar-refractivity contribution in [1.82, 2.24) is 13.5 Å². The molecule has 2 aliphatic rings. The number of nitrogens with zero attached hydrogens (tertiary/aromatic N) is 3. The summed E-state index contributed by atoms with van der Waals surface area (Å²) in [5, 5.41) is 9.82. The van der Waals surface area contributed by atoms with E-state index in [-0.39, 0.29) is 0 Å². The van der Waals surface area contributed by atoms with Crippen LogP contribution in [0.5, 0.6) is 0 Å². The van der Waals surface area contributed by atoms with Crippen LogP contribution < -0.4 is 0 Å². The van der Waals surface area contributed by atoms with Crippen molar-refractivity contribution in [3.8, 4) is 0 Å². The van der Waals surface area contributed by atoms with Crippen molar-refractivity contribution in [2.45, 2.75) is 38.7 Å². The fourth-order valence-corrected chi connectivity index (χ4v) is 4.60. The summed E-state index contributed by atoms with van der Waals surface area (Å²) >= 11 is 0. The highest BCUT2D eigenvalue weighted by Gasteiger charge is 2.33. The SMILES string of the molecule is CC(C)(O)CN1CCN(S(=O)(=O)N2CCCCC2)CC1. The van der Waals surface area contributed by atoms with Gasteiger partial charge in [-0.05, 0) is 26.7 Å². The molecule has 0 aromatic rings. The Morgan fingerprint density at radius 2 is 1.40 bits per heavy atom. The van der Waals surface area contributed by atoms with Gasteiger partial charge in [0.1, 0.15) is 0 Å². The van der Waals surface area contributed by atoms with E-state index in [0.29, 0.717) is 45.8 Å². The summed E-state index contributed by atoms with van der Waals surface area (Å²) in [6.45, 7) is 7.90. The van der Waals surface area contributed by atoms with Gasteiger partial charge in [0.25, 0.3) is 10.2 Å². The zero-order valence-electron chi connectivity index (χ0n) is 12.6. The van der Waals surface area contributed by atoms with E-state index in [9.17, 15) is 13.5 Å². The van der Waals surface area contributed by atoms with Gasteiger partial charge >= 0.3 is 0 Å². The Hall–Kier alpha value is -0.210. The van der Waals surface area contributed by atoms with Crippen LogP contribution in [0.15, 0.2) is 0 Å². The minimum Gasteiger partial charge on any atom is -0.389 e. The third-order valence-electron chi connectivity index (χ3n) is 3.91. The number of piperazine rings is 1. The smallest absolute Gasteiger partial charge is 0.282 e. The maximum atomic E-state index is 12.5. The molecule has 0 saturated carbocycles. The first-order chi connectivity index (χ1) is 9.29. The Morgan fingerprint density at radius 1 is 0.900 bits per heavy atom. The summed E-state index contributed by atoms with van der Waals surface area (Å²) < 4.78 is 28.3. The molecule has 1 N–H and O–H groups in total. The highest BCUT2D eigenvalue weighted by molar-refractivity contribution is 7.86. The maximum absolute atomic E-state index is 12.5. The lowest BCUT2D eigenvalue weighted by Crippen LogP contribution is -2.55. The molecule has 0 atom stereocenters. The number of rotatable bonds is 4. The molecule has 0 aliphatic carbocycles. The Bertz CT molecular complexity index is 405. The molecule has 118 valence electrons. The van der Waals surface area contributed by atoms with Crippen LogP contribution in [-0.4, -0.2) is 78.4 Å². The molecule has 0 spiro atoms. The van der Waals surface area contributed by atoms with Gasteiger partial charge in [-0.25, -0.2) is 0 Å². The molecule has 2 aliphatic heterocycles. The fourth-order valence-electron chi connectivity index (χ4n) is 2.92. The average molecular weight is 305 g/mol. The van der Waals surface area contributed by atoms with Crippen LogP contribution in [0, 0.1) is 0 Å². The molecular formula is C13H27N3O3S. The average Bonchev–Trinajstić information content (AvgIpc) is 2.38. The Kier molecular flexibility index (Phi) is 5.07. The van der Waals surface area contributed by atoms with E-state index < -0.39 is 15.8 Å². The maximum Gasteiger partial charge on any atom is 0.282 e. The topological polar surface area (TPSA) is 64.1 Å². The van der Waals surface area contributed by atoms with Gasteiger partial charge in [0.15, 0.2) is 0 Å². The second kappa shape index (κ2) is 6.27. The minimum absolute atomic E-state index is 0.523. The van der Waals surface area contributed by atoms with Gasteiger partial charge in [-0.15, -0.1) is 0 Å². The van der Waals surface area contributed by atoms with Crippen molar-refractivity contribution in [2.75, 3.05) is 45.8 Å². The predicted molar refractivity (Wildman–Crippen MR) is 78.7 cm³/mol. The quantitative estimate of drug-likeness (QED) is 0.800. The molecule has 6 nitrogen and oxygen atoms in total. The second-order valence-corrected chi connectivity index (χ2v) is 8.38. The molecule has 2 rings (SSSR count). The number of β-amino-alcohol motifs (C(OH)–C–C–N with tert-alkyl or cyclic N) is 1. The molecule has 2 heterocycles. The number of hydrogen-bond donors (Lipinski definition) is 1. The normalized spacial score (nSPS) is 24.9. The third-order valence-corrected chi connectivity index (χ3v) is 5.94. The molecule has 0 aromatic carbocycles. The zero-order valence-corrected chi connectivity index (χ0v) is 13.4. The molecule has 2 saturated heterocycles. The lowest BCUT2D eigenvalue weighted by Gasteiger charge is -2.39.